The van der Waals surface area contributed by atoms with Crippen LogP contribution in [0.3, 0.4) is 0 Å². The predicted molar refractivity (Wildman–Crippen MR) is 54.9 cm³/mol. The van der Waals surface area contributed by atoms with E-state index < -0.39 is 5.91 Å². The molecule has 78 valence electrons. The second-order valence-electron chi connectivity index (χ2n) is 3.02. The van der Waals surface area contributed by atoms with Crippen molar-refractivity contribution in [1.82, 2.24) is 9.78 Å². The third-order valence-corrected chi connectivity index (χ3v) is 1.86. The van der Waals surface area contributed by atoms with Gasteiger partial charge >= 0.3 is 0 Å². The molecule has 1 aromatic rings. The minimum atomic E-state index is -0.561. The van der Waals surface area contributed by atoms with Crippen LogP contribution in [0.1, 0.15) is 23.7 Å². The van der Waals surface area contributed by atoms with E-state index in [-0.39, 0.29) is 11.4 Å². The van der Waals surface area contributed by atoms with Crippen molar-refractivity contribution in [2.45, 2.75) is 13.3 Å². The summed E-state index contributed by atoms with van der Waals surface area (Å²) in [4.78, 5) is 11.1. The maximum atomic E-state index is 11.1. The molecule has 0 saturated carbocycles. The average molecular weight is 197 g/mol. The van der Waals surface area contributed by atoms with Crippen molar-refractivity contribution in [3.63, 3.8) is 0 Å². The van der Waals surface area contributed by atoms with Gasteiger partial charge in [-0.1, -0.05) is 6.92 Å². The third-order valence-electron chi connectivity index (χ3n) is 1.86. The number of rotatable bonds is 4. The predicted octanol–water partition coefficient (Wildman–Crippen LogP) is -0.0769. The Morgan fingerprint density at radius 1 is 1.64 bits per heavy atom. The van der Waals surface area contributed by atoms with Crippen molar-refractivity contribution in [2.24, 2.45) is 12.8 Å². The lowest BCUT2D eigenvalue weighted by Gasteiger charge is -2.05. The standard InChI is InChI=1S/C8H15N5O/c1-3-4-11-8-5(7(10)14)6(9)12-13(8)2/h11H,3-4H2,1-2H3,(H2,9,12)(H2,10,14). The Labute approximate surface area is 82.3 Å². The van der Waals surface area contributed by atoms with E-state index in [1.165, 1.54) is 4.68 Å². The van der Waals surface area contributed by atoms with E-state index in [1.807, 2.05) is 6.92 Å². The Bertz CT molecular complexity index is 344. The number of hydrogen-bond donors (Lipinski definition) is 3. The van der Waals surface area contributed by atoms with Gasteiger partial charge in [0.2, 0.25) is 0 Å². The molecule has 5 N–H and O–H groups in total. The fraction of sp³-hybridized carbons (Fsp3) is 0.500. The van der Waals surface area contributed by atoms with Crippen molar-refractivity contribution in [1.29, 1.82) is 0 Å². The quantitative estimate of drug-likeness (QED) is 0.628. The Morgan fingerprint density at radius 3 is 2.79 bits per heavy atom. The Morgan fingerprint density at radius 2 is 2.29 bits per heavy atom. The van der Waals surface area contributed by atoms with Gasteiger partial charge in [-0.15, -0.1) is 0 Å². The van der Waals surface area contributed by atoms with Crippen molar-refractivity contribution >= 4 is 17.5 Å². The number of aromatic nitrogens is 2. The van der Waals surface area contributed by atoms with Crippen molar-refractivity contribution in [3.8, 4) is 0 Å². The molecule has 0 unspecified atom stereocenters. The first-order chi connectivity index (χ1) is 6.57. The van der Waals surface area contributed by atoms with Crippen LogP contribution in [0.25, 0.3) is 0 Å². The van der Waals surface area contributed by atoms with E-state index in [4.69, 9.17) is 11.5 Å². The van der Waals surface area contributed by atoms with Gasteiger partial charge in [0.05, 0.1) is 0 Å². The van der Waals surface area contributed by atoms with E-state index >= 15 is 0 Å². The summed E-state index contributed by atoms with van der Waals surface area (Å²) in [6.07, 6.45) is 0.948. The van der Waals surface area contributed by atoms with E-state index in [9.17, 15) is 4.79 Å². The van der Waals surface area contributed by atoms with Crippen LogP contribution in [-0.2, 0) is 7.05 Å². The number of anilines is 2. The molecule has 14 heavy (non-hydrogen) atoms. The van der Waals surface area contributed by atoms with Gasteiger partial charge in [-0.25, -0.2) is 0 Å². The van der Waals surface area contributed by atoms with Gasteiger partial charge in [-0.05, 0) is 6.42 Å². The largest absolute Gasteiger partial charge is 0.381 e. The second kappa shape index (κ2) is 3.99. The summed E-state index contributed by atoms with van der Waals surface area (Å²) in [5.74, 6) is 0.185. The van der Waals surface area contributed by atoms with Crippen molar-refractivity contribution in [2.75, 3.05) is 17.6 Å². The highest BCUT2D eigenvalue weighted by atomic mass is 16.1. The third kappa shape index (κ3) is 1.78. The highest BCUT2D eigenvalue weighted by Gasteiger charge is 2.17. The molecular formula is C8H15N5O. The fourth-order valence-electron chi connectivity index (χ4n) is 1.23. The van der Waals surface area contributed by atoms with E-state index in [2.05, 4.69) is 10.4 Å². The Hall–Kier alpha value is -1.72. The Balaban J connectivity index is 3.05. The van der Waals surface area contributed by atoms with Crippen LogP contribution in [0.2, 0.25) is 0 Å². The number of amides is 1. The lowest BCUT2D eigenvalue weighted by molar-refractivity contribution is 0.100. The molecule has 1 heterocycles. The molecule has 1 amide bonds. The summed E-state index contributed by atoms with van der Waals surface area (Å²) >= 11 is 0. The summed E-state index contributed by atoms with van der Waals surface area (Å²) in [7, 11) is 1.71. The lowest BCUT2D eigenvalue weighted by Crippen LogP contribution is -2.16. The maximum Gasteiger partial charge on any atom is 0.256 e. The van der Waals surface area contributed by atoms with E-state index in [1.54, 1.807) is 7.05 Å². The smallest absolute Gasteiger partial charge is 0.256 e. The van der Waals surface area contributed by atoms with E-state index in [0.29, 0.717) is 5.82 Å². The van der Waals surface area contributed by atoms with Crippen molar-refractivity contribution < 1.29 is 4.79 Å². The highest BCUT2D eigenvalue weighted by Crippen LogP contribution is 2.19. The van der Waals surface area contributed by atoms with Crippen LogP contribution in [0.15, 0.2) is 0 Å². The molecule has 0 saturated heterocycles. The molecule has 0 aliphatic rings. The van der Waals surface area contributed by atoms with Gasteiger partial charge < -0.3 is 16.8 Å². The van der Waals surface area contributed by atoms with Gasteiger partial charge in [-0.3, -0.25) is 9.48 Å². The zero-order valence-electron chi connectivity index (χ0n) is 8.37. The van der Waals surface area contributed by atoms with Crippen LogP contribution in [0.5, 0.6) is 0 Å². The van der Waals surface area contributed by atoms with Gasteiger partial charge in [0.25, 0.3) is 5.91 Å². The molecule has 0 aromatic carbocycles. The van der Waals surface area contributed by atoms with Gasteiger partial charge in [-0.2, -0.15) is 5.10 Å². The van der Waals surface area contributed by atoms with Crippen LogP contribution >= 0.6 is 0 Å². The first-order valence-corrected chi connectivity index (χ1v) is 4.44. The number of carbonyl (C=O) groups is 1. The van der Waals surface area contributed by atoms with Gasteiger partial charge in [0, 0.05) is 13.6 Å². The lowest BCUT2D eigenvalue weighted by atomic mass is 10.3. The van der Waals surface area contributed by atoms with E-state index in [0.717, 1.165) is 13.0 Å². The summed E-state index contributed by atoms with van der Waals surface area (Å²) < 4.78 is 1.52. The average Bonchev–Trinajstić information content (AvgIpc) is 2.37. The molecular weight excluding hydrogens is 182 g/mol. The minimum absolute atomic E-state index is 0.165. The topological polar surface area (TPSA) is 99.0 Å². The molecule has 6 nitrogen and oxygen atoms in total. The van der Waals surface area contributed by atoms with Crippen LogP contribution < -0.4 is 16.8 Å². The number of nitrogen functional groups attached to an aromatic ring is 1. The summed E-state index contributed by atoms with van der Waals surface area (Å²) in [6.45, 7) is 2.77. The molecule has 0 spiro atoms. The zero-order valence-corrected chi connectivity index (χ0v) is 8.37. The molecule has 1 rings (SSSR count). The van der Waals surface area contributed by atoms with Gasteiger partial charge in [0.15, 0.2) is 5.82 Å². The van der Waals surface area contributed by atoms with Crippen molar-refractivity contribution in [3.05, 3.63) is 5.56 Å². The molecule has 6 heteroatoms. The first-order valence-electron chi connectivity index (χ1n) is 4.44. The first kappa shape index (κ1) is 10.4. The molecule has 0 fully saturated rings. The number of primary amides is 1. The van der Waals surface area contributed by atoms with Crippen LogP contribution in [0.4, 0.5) is 11.6 Å². The molecule has 0 aliphatic heterocycles. The number of hydrogen-bond acceptors (Lipinski definition) is 4. The summed E-state index contributed by atoms with van der Waals surface area (Å²) in [5, 5.41) is 6.97. The minimum Gasteiger partial charge on any atom is -0.381 e. The van der Waals surface area contributed by atoms with Gasteiger partial charge in [0.1, 0.15) is 11.4 Å². The molecule has 0 aliphatic carbocycles. The molecule has 0 atom stereocenters. The summed E-state index contributed by atoms with van der Waals surface area (Å²) in [6, 6.07) is 0. The number of nitrogens with zero attached hydrogens (tertiary/aromatic N) is 2. The Kier molecular flexibility index (Phi) is 2.95. The number of nitrogens with one attached hydrogen (secondary N) is 1. The second-order valence-corrected chi connectivity index (χ2v) is 3.02. The summed E-state index contributed by atoms with van der Waals surface area (Å²) in [5.41, 5.74) is 11.0. The monoisotopic (exact) mass is 197 g/mol. The highest BCUT2D eigenvalue weighted by molar-refractivity contribution is 6.02. The molecule has 0 radical (unpaired) electrons. The SMILES string of the molecule is CCCNc1c(C(N)=O)c(N)nn1C. The molecule has 0 bridgehead atoms. The molecule has 1 aromatic heterocycles. The normalized spacial score (nSPS) is 10.1. The number of nitrogens with two attached hydrogens (primary N) is 2. The number of carbonyl (C=O) groups excluding carboxylic acids is 1. The maximum absolute atomic E-state index is 11.1. The number of aryl methyl sites for hydroxylation is 1. The zero-order chi connectivity index (χ0) is 10.7. The van der Waals surface area contributed by atoms with Crippen LogP contribution in [0, 0.1) is 0 Å². The van der Waals surface area contributed by atoms with Crippen LogP contribution in [-0.4, -0.2) is 22.2 Å². The fourth-order valence-corrected chi connectivity index (χ4v) is 1.23.